The zero-order valence-corrected chi connectivity index (χ0v) is 14.1. The van der Waals surface area contributed by atoms with Crippen molar-refractivity contribution in [2.75, 3.05) is 0 Å². The Morgan fingerprint density at radius 2 is 1.54 bits per heavy atom. The standard InChI is InChI=1S/C18H22N2O4/c1-10-6-4-5-7-13(10)16(21)19-20-17(22)14-8-11(2)12(3)9-15(14)18(23)24/h4-7,14-15H,8-9H2,1-3H3,(H,19,21)(H,20,22)(H,23,24)/t14-,15-/m1/s1. The van der Waals surface area contributed by atoms with Crippen molar-refractivity contribution in [2.45, 2.75) is 33.6 Å². The quantitative estimate of drug-likeness (QED) is 0.585. The van der Waals surface area contributed by atoms with Crippen LogP contribution in [-0.2, 0) is 9.59 Å². The summed E-state index contributed by atoms with van der Waals surface area (Å²) in [5, 5.41) is 9.36. The van der Waals surface area contributed by atoms with Gasteiger partial charge in [0.1, 0.15) is 0 Å². The summed E-state index contributed by atoms with van der Waals surface area (Å²) >= 11 is 0. The van der Waals surface area contributed by atoms with Crippen molar-refractivity contribution in [3.63, 3.8) is 0 Å². The van der Waals surface area contributed by atoms with Crippen LogP contribution in [0.4, 0.5) is 0 Å². The minimum Gasteiger partial charge on any atom is -0.481 e. The third-order valence-corrected chi connectivity index (χ3v) is 4.61. The fourth-order valence-corrected chi connectivity index (χ4v) is 2.93. The largest absolute Gasteiger partial charge is 0.481 e. The van der Waals surface area contributed by atoms with Gasteiger partial charge >= 0.3 is 5.97 Å². The molecule has 6 nitrogen and oxygen atoms in total. The van der Waals surface area contributed by atoms with E-state index < -0.39 is 29.6 Å². The SMILES string of the molecule is CC1=C(C)C[C@@H](C(=O)NNC(=O)c2ccccc2C)[C@H](C(=O)O)C1. The normalized spacial score (nSPS) is 20.5. The molecule has 2 amide bonds. The molecule has 1 aromatic carbocycles. The first-order valence-corrected chi connectivity index (χ1v) is 7.85. The topological polar surface area (TPSA) is 95.5 Å². The molecule has 1 aliphatic carbocycles. The second-order valence-electron chi connectivity index (χ2n) is 6.28. The number of carboxylic acids is 1. The molecule has 0 aliphatic heterocycles. The molecule has 2 atom stereocenters. The van der Waals surface area contributed by atoms with Crippen LogP contribution in [0.25, 0.3) is 0 Å². The van der Waals surface area contributed by atoms with Crippen molar-refractivity contribution in [2.24, 2.45) is 11.8 Å². The van der Waals surface area contributed by atoms with Crippen LogP contribution in [0.5, 0.6) is 0 Å². The summed E-state index contributed by atoms with van der Waals surface area (Å²) in [6, 6.07) is 7.02. The van der Waals surface area contributed by atoms with Crippen molar-refractivity contribution in [1.29, 1.82) is 0 Å². The molecule has 0 fully saturated rings. The highest BCUT2D eigenvalue weighted by molar-refractivity contribution is 5.97. The molecule has 1 aromatic rings. The summed E-state index contributed by atoms with van der Waals surface area (Å²) in [6.45, 7) is 5.59. The molecule has 0 radical (unpaired) electrons. The average Bonchev–Trinajstić information content (AvgIpc) is 2.54. The van der Waals surface area contributed by atoms with Crippen LogP contribution < -0.4 is 10.9 Å². The number of carbonyl (C=O) groups excluding carboxylic acids is 2. The second-order valence-corrected chi connectivity index (χ2v) is 6.28. The molecule has 0 heterocycles. The van der Waals surface area contributed by atoms with Gasteiger partial charge in [-0.15, -0.1) is 0 Å². The van der Waals surface area contributed by atoms with Crippen LogP contribution in [0.1, 0.15) is 42.6 Å². The summed E-state index contributed by atoms with van der Waals surface area (Å²) in [5.41, 5.74) is 8.04. The monoisotopic (exact) mass is 330 g/mol. The van der Waals surface area contributed by atoms with E-state index in [9.17, 15) is 19.5 Å². The number of carbonyl (C=O) groups is 3. The third kappa shape index (κ3) is 3.82. The van der Waals surface area contributed by atoms with Gasteiger partial charge in [0.05, 0.1) is 11.8 Å². The molecule has 0 unspecified atom stereocenters. The third-order valence-electron chi connectivity index (χ3n) is 4.61. The Balaban J connectivity index is 2.05. The van der Waals surface area contributed by atoms with Gasteiger partial charge in [0.15, 0.2) is 0 Å². The number of allylic oxidation sites excluding steroid dienone is 2. The predicted molar refractivity (Wildman–Crippen MR) is 89.0 cm³/mol. The minimum atomic E-state index is -0.993. The van der Waals surface area contributed by atoms with Crippen molar-refractivity contribution in [3.8, 4) is 0 Å². The molecule has 0 spiro atoms. The number of nitrogens with one attached hydrogen (secondary N) is 2. The molecule has 0 saturated carbocycles. The lowest BCUT2D eigenvalue weighted by atomic mass is 9.76. The smallest absolute Gasteiger partial charge is 0.307 e. The second kappa shape index (κ2) is 7.29. The Hall–Kier alpha value is -2.63. The van der Waals surface area contributed by atoms with Crippen LogP contribution in [0, 0.1) is 18.8 Å². The molecular weight excluding hydrogens is 308 g/mol. The molecule has 3 N–H and O–H groups in total. The van der Waals surface area contributed by atoms with Gasteiger partial charge in [-0.05, 0) is 45.2 Å². The molecule has 128 valence electrons. The first kappa shape index (κ1) is 17.7. The predicted octanol–water partition coefficient (Wildman–Crippen LogP) is 2.20. The summed E-state index contributed by atoms with van der Waals surface area (Å²) < 4.78 is 0. The highest BCUT2D eigenvalue weighted by Gasteiger charge is 2.37. The van der Waals surface area contributed by atoms with Gasteiger partial charge in [-0.3, -0.25) is 25.2 Å². The van der Waals surface area contributed by atoms with Crippen molar-refractivity contribution in [3.05, 3.63) is 46.5 Å². The highest BCUT2D eigenvalue weighted by atomic mass is 16.4. The van der Waals surface area contributed by atoms with E-state index in [-0.39, 0.29) is 0 Å². The van der Waals surface area contributed by atoms with E-state index in [0.29, 0.717) is 18.4 Å². The van der Waals surface area contributed by atoms with Crippen molar-refractivity contribution in [1.82, 2.24) is 10.9 Å². The summed E-state index contributed by atoms with van der Waals surface area (Å²) in [4.78, 5) is 35.9. The Kier molecular flexibility index (Phi) is 5.39. The maximum Gasteiger partial charge on any atom is 0.307 e. The number of hydrogen-bond acceptors (Lipinski definition) is 3. The van der Waals surface area contributed by atoms with Crippen LogP contribution >= 0.6 is 0 Å². The van der Waals surface area contributed by atoms with Crippen molar-refractivity contribution >= 4 is 17.8 Å². The average molecular weight is 330 g/mol. The van der Waals surface area contributed by atoms with Gasteiger partial charge in [0, 0.05) is 5.56 Å². The fraction of sp³-hybridized carbons (Fsp3) is 0.389. The van der Waals surface area contributed by atoms with Gasteiger partial charge in [-0.1, -0.05) is 29.3 Å². The Morgan fingerprint density at radius 1 is 0.958 bits per heavy atom. The first-order chi connectivity index (χ1) is 11.3. The van der Waals surface area contributed by atoms with Gasteiger partial charge < -0.3 is 5.11 Å². The van der Waals surface area contributed by atoms with E-state index in [1.807, 2.05) is 19.9 Å². The number of hydrogen-bond donors (Lipinski definition) is 3. The van der Waals surface area contributed by atoms with Gasteiger partial charge in [-0.25, -0.2) is 0 Å². The number of benzene rings is 1. The van der Waals surface area contributed by atoms with Crippen LogP contribution in [0.15, 0.2) is 35.4 Å². The number of aryl methyl sites for hydroxylation is 1. The molecule has 0 bridgehead atoms. The maximum atomic E-state index is 12.4. The van der Waals surface area contributed by atoms with E-state index in [0.717, 1.165) is 16.7 Å². The molecule has 24 heavy (non-hydrogen) atoms. The number of hydrazine groups is 1. The zero-order valence-electron chi connectivity index (χ0n) is 14.1. The number of amides is 2. The lowest BCUT2D eigenvalue weighted by Crippen LogP contribution is -2.48. The van der Waals surface area contributed by atoms with E-state index in [4.69, 9.17) is 0 Å². The Morgan fingerprint density at radius 3 is 2.12 bits per heavy atom. The van der Waals surface area contributed by atoms with E-state index in [2.05, 4.69) is 10.9 Å². The van der Waals surface area contributed by atoms with E-state index >= 15 is 0 Å². The number of aliphatic carboxylic acids is 1. The fourth-order valence-electron chi connectivity index (χ4n) is 2.93. The van der Waals surface area contributed by atoms with E-state index in [1.54, 1.807) is 25.1 Å². The van der Waals surface area contributed by atoms with Gasteiger partial charge in [-0.2, -0.15) is 0 Å². The van der Waals surface area contributed by atoms with Crippen LogP contribution in [0.3, 0.4) is 0 Å². The van der Waals surface area contributed by atoms with Crippen LogP contribution in [-0.4, -0.2) is 22.9 Å². The van der Waals surface area contributed by atoms with Crippen LogP contribution in [0.2, 0.25) is 0 Å². The molecular formula is C18H22N2O4. The summed E-state index contributed by atoms with van der Waals surface area (Å²) in [5.74, 6) is -3.36. The van der Waals surface area contributed by atoms with Crippen molar-refractivity contribution < 1.29 is 19.5 Å². The number of rotatable bonds is 3. The van der Waals surface area contributed by atoms with E-state index in [1.165, 1.54) is 0 Å². The highest BCUT2D eigenvalue weighted by Crippen LogP contribution is 2.34. The van der Waals surface area contributed by atoms with Gasteiger partial charge in [0.25, 0.3) is 5.91 Å². The Bertz CT molecular complexity index is 709. The maximum absolute atomic E-state index is 12.4. The number of carboxylic acid groups (broad SMARTS) is 1. The van der Waals surface area contributed by atoms with Gasteiger partial charge in [0.2, 0.25) is 5.91 Å². The molecule has 6 heteroatoms. The molecule has 1 aliphatic rings. The summed E-state index contributed by atoms with van der Waals surface area (Å²) in [7, 11) is 0. The first-order valence-electron chi connectivity index (χ1n) is 7.85. The lowest BCUT2D eigenvalue weighted by molar-refractivity contribution is -0.147. The molecule has 0 saturated heterocycles. The Labute approximate surface area is 140 Å². The molecule has 0 aromatic heterocycles. The minimum absolute atomic E-state index is 0.352. The zero-order chi connectivity index (χ0) is 17.9. The molecule has 2 rings (SSSR count). The lowest BCUT2D eigenvalue weighted by Gasteiger charge is -2.29. The summed E-state index contributed by atoms with van der Waals surface area (Å²) in [6.07, 6.45) is 0.736.